The minimum Gasteiger partial charge on any atom is -0.477 e. The van der Waals surface area contributed by atoms with Crippen LogP contribution in [0.4, 0.5) is 0 Å². The Hall–Kier alpha value is -3.20. The monoisotopic (exact) mass is 264 g/mol. The van der Waals surface area contributed by atoms with Gasteiger partial charge in [0.05, 0.1) is 23.5 Å². The molecule has 0 radical (unpaired) electrons. The van der Waals surface area contributed by atoms with E-state index in [1.165, 1.54) is 6.07 Å². The van der Waals surface area contributed by atoms with Crippen molar-refractivity contribution in [2.75, 3.05) is 0 Å². The maximum Gasteiger partial charge on any atom is 0.354 e. The first kappa shape index (κ1) is 11.9. The van der Waals surface area contributed by atoms with E-state index >= 15 is 0 Å². The van der Waals surface area contributed by atoms with Crippen LogP contribution in [0.25, 0.3) is 16.9 Å². The standard InChI is InChI=1S/C14H8N4O2/c15-8-9-1-3-10(4-2-9)12-7-11(14(19)20)17-13-5-6-16-18(12)13/h1-7H,(H,19,20). The van der Waals surface area contributed by atoms with Gasteiger partial charge in [-0.3, -0.25) is 0 Å². The van der Waals surface area contributed by atoms with E-state index in [0.29, 0.717) is 16.9 Å². The van der Waals surface area contributed by atoms with Crippen molar-refractivity contribution < 1.29 is 9.90 Å². The molecule has 20 heavy (non-hydrogen) atoms. The summed E-state index contributed by atoms with van der Waals surface area (Å²) in [6.07, 6.45) is 1.56. The topological polar surface area (TPSA) is 91.3 Å². The van der Waals surface area contributed by atoms with Gasteiger partial charge in [0.15, 0.2) is 11.3 Å². The van der Waals surface area contributed by atoms with E-state index in [0.717, 1.165) is 5.56 Å². The largest absolute Gasteiger partial charge is 0.477 e. The van der Waals surface area contributed by atoms with Gasteiger partial charge in [-0.1, -0.05) is 12.1 Å². The summed E-state index contributed by atoms with van der Waals surface area (Å²) in [6.45, 7) is 0. The third-order valence-electron chi connectivity index (χ3n) is 2.89. The maximum absolute atomic E-state index is 11.1. The van der Waals surface area contributed by atoms with Crippen LogP contribution in [0.15, 0.2) is 42.6 Å². The van der Waals surface area contributed by atoms with Crippen LogP contribution in [0.2, 0.25) is 0 Å². The third-order valence-corrected chi connectivity index (χ3v) is 2.89. The molecular formula is C14H8N4O2. The van der Waals surface area contributed by atoms with Gasteiger partial charge in [-0.05, 0) is 18.2 Å². The average Bonchev–Trinajstić information content (AvgIpc) is 2.94. The molecule has 0 spiro atoms. The van der Waals surface area contributed by atoms with Crippen LogP contribution in [0.1, 0.15) is 16.1 Å². The molecule has 0 unspecified atom stereocenters. The summed E-state index contributed by atoms with van der Waals surface area (Å²) in [7, 11) is 0. The molecule has 6 heteroatoms. The molecule has 0 amide bonds. The number of carboxylic acids is 1. The number of aromatic nitrogens is 3. The number of nitrogens with zero attached hydrogens (tertiary/aromatic N) is 4. The quantitative estimate of drug-likeness (QED) is 0.764. The van der Waals surface area contributed by atoms with Crippen LogP contribution >= 0.6 is 0 Å². The van der Waals surface area contributed by atoms with Crippen molar-refractivity contribution in [3.05, 3.63) is 53.9 Å². The van der Waals surface area contributed by atoms with Crippen molar-refractivity contribution in [2.24, 2.45) is 0 Å². The molecule has 2 aromatic heterocycles. The summed E-state index contributed by atoms with van der Waals surface area (Å²) in [6, 6.07) is 12.0. The van der Waals surface area contributed by atoms with Gasteiger partial charge < -0.3 is 5.11 Å². The molecule has 1 aromatic carbocycles. The number of carboxylic acid groups (broad SMARTS) is 1. The summed E-state index contributed by atoms with van der Waals surface area (Å²) < 4.78 is 1.56. The van der Waals surface area contributed by atoms with Crippen LogP contribution < -0.4 is 0 Å². The van der Waals surface area contributed by atoms with E-state index in [-0.39, 0.29) is 5.69 Å². The highest BCUT2D eigenvalue weighted by Crippen LogP contribution is 2.21. The predicted octanol–water partition coefficient (Wildman–Crippen LogP) is 1.97. The molecule has 0 saturated carbocycles. The first-order valence-corrected chi connectivity index (χ1v) is 5.77. The van der Waals surface area contributed by atoms with E-state index < -0.39 is 5.97 Å². The lowest BCUT2D eigenvalue weighted by Crippen LogP contribution is -2.05. The molecule has 0 aliphatic carbocycles. The highest BCUT2D eigenvalue weighted by molar-refractivity contribution is 5.87. The van der Waals surface area contributed by atoms with Crippen molar-refractivity contribution in [3.63, 3.8) is 0 Å². The molecule has 3 rings (SSSR count). The highest BCUT2D eigenvalue weighted by Gasteiger charge is 2.12. The van der Waals surface area contributed by atoms with Gasteiger partial charge >= 0.3 is 5.97 Å². The summed E-state index contributed by atoms with van der Waals surface area (Å²) in [4.78, 5) is 15.1. The van der Waals surface area contributed by atoms with E-state index in [2.05, 4.69) is 10.1 Å². The SMILES string of the molecule is N#Cc1ccc(-c2cc(C(=O)O)nc3ccnn23)cc1. The second kappa shape index (κ2) is 4.48. The first-order valence-electron chi connectivity index (χ1n) is 5.77. The number of benzene rings is 1. The molecule has 0 fully saturated rings. The molecule has 0 aliphatic rings. The Balaban J connectivity index is 2.25. The average molecular weight is 264 g/mol. The lowest BCUT2D eigenvalue weighted by Gasteiger charge is -2.06. The summed E-state index contributed by atoms with van der Waals surface area (Å²) in [5.41, 5.74) is 2.34. The van der Waals surface area contributed by atoms with E-state index in [9.17, 15) is 4.79 Å². The minimum atomic E-state index is -1.09. The van der Waals surface area contributed by atoms with Crippen molar-refractivity contribution in [2.45, 2.75) is 0 Å². The van der Waals surface area contributed by atoms with Gasteiger partial charge in [-0.2, -0.15) is 10.4 Å². The van der Waals surface area contributed by atoms with Gasteiger partial charge in [0.2, 0.25) is 0 Å². The Kier molecular flexibility index (Phi) is 2.66. The number of hydrogen-bond acceptors (Lipinski definition) is 4. The zero-order valence-electron chi connectivity index (χ0n) is 10.2. The summed E-state index contributed by atoms with van der Waals surface area (Å²) in [5.74, 6) is -1.09. The minimum absolute atomic E-state index is 0.0441. The third kappa shape index (κ3) is 1.87. The zero-order chi connectivity index (χ0) is 14.1. The molecule has 0 atom stereocenters. The zero-order valence-corrected chi connectivity index (χ0v) is 10.2. The van der Waals surface area contributed by atoms with E-state index in [1.807, 2.05) is 6.07 Å². The normalized spacial score (nSPS) is 10.3. The molecule has 6 nitrogen and oxygen atoms in total. The van der Waals surface area contributed by atoms with Crippen molar-refractivity contribution in [1.29, 1.82) is 5.26 Å². The summed E-state index contributed by atoms with van der Waals surface area (Å²) in [5, 5.41) is 22.0. The van der Waals surface area contributed by atoms with Gasteiger partial charge in [0.25, 0.3) is 0 Å². The maximum atomic E-state index is 11.1. The molecule has 0 bridgehead atoms. The van der Waals surface area contributed by atoms with Crippen molar-refractivity contribution in [1.82, 2.24) is 14.6 Å². The fourth-order valence-electron chi connectivity index (χ4n) is 1.94. The number of rotatable bonds is 2. The van der Waals surface area contributed by atoms with Gasteiger partial charge in [-0.25, -0.2) is 14.3 Å². The fourth-order valence-corrected chi connectivity index (χ4v) is 1.94. The molecular weight excluding hydrogens is 256 g/mol. The van der Waals surface area contributed by atoms with Crippen LogP contribution in [0.3, 0.4) is 0 Å². The number of hydrogen-bond donors (Lipinski definition) is 1. The lowest BCUT2D eigenvalue weighted by molar-refractivity contribution is 0.0690. The Bertz CT molecular complexity index is 844. The molecule has 3 aromatic rings. The van der Waals surface area contributed by atoms with Gasteiger partial charge in [-0.15, -0.1) is 0 Å². The van der Waals surface area contributed by atoms with Gasteiger partial charge in [0, 0.05) is 11.6 Å². The molecule has 96 valence electrons. The van der Waals surface area contributed by atoms with E-state index in [1.54, 1.807) is 41.0 Å². The number of carbonyl (C=O) groups is 1. The fraction of sp³-hybridized carbons (Fsp3) is 0. The van der Waals surface area contributed by atoms with Crippen LogP contribution in [0, 0.1) is 11.3 Å². The Morgan fingerprint density at radius 2 is 2.00 bits per heavy atom. The predicted molar refractivity (Wildman–Crippen MR) is 70.1 cm³/mol. The second-order valence-corrected chi connectivity index (χ2v) is 4.12. The Morgan fingerprint density at radius 1 is 1.25 bits per heavy atom. The van der Waals surface area contributed by atoms with Crippen LogP contribution in [0.5, 0.6) is 0 Å². The van der Waals surface area contributed by atoms with Crippen LogP contribution in [-0.2, 0) is 0 Å². The summed E-state index contributed by atoms with van der Waals surface area (Å²) >= 11 is 0. The smallest absolute Gasteiger partial charge is 0.354 e. The molecule has 0 saturated heterocycles. The van der Waals surface area contributed by atoms with E-state index in [4.69, 9.17) is 10.4 Å². The number of aromatic carboxylic acids is 1. The second-order valence-electron chi connectivity index (χ2n) is 4.12. The molecule has 2 heterocycles. The lowest BCUT2D eigenvalue weighted by atomic mass is 10.1. The van der Waals surface area contributed by atoms with Crippen molar-refractivity contribution in [3.8, 4) is 17.3 Å². The number of fused-ring (bicyclic) bond motifs is 1. The first-order chi connectivity index (χ1) is 9.69. The van der Waals surface area contributed by atoms with Crippen molar-refractivity contribution >= 4 is 11.6 Å². The van der Waals surface area contributed by atoms with Gasteiger partial charge in [0.1, 0.15) is 0 Å². The highest BCUT2D eigenvalue weighted by atomic mass is 16.4. The number of nitriles is 1. The Labute approximate surface area is 113 Å². The molecule has 0 aliphatic heterocycles. The molecule has 1 N–H and O–H groups in total. The van der Waals surface area contributed by atoms with Crippen LogP contribution in [-0.4, -0.2) is 25.7 Å². The Morgan fingerprint density at radius 3 is 2.65 bits per heavy atom.